The molecule has 0 saturated carbocycles. The second-order valence-corrected chi connectivity index (χ2v) is 6.64. The number of hydrogen-bond acceptors (Lipinski definition) is 0. The van der Waals surface area contributed by atoms with E-state index in [1.807, 2.05) is 0 Å². The molecule has 0 heterocycles. The maximum Gasteiger partial charge on any atom is 2.00 e. The zero-order valence-corrected chi connectivity index (χ0v) is 17.3. The fraction of sp³-hybridized carbons (Fsp3) is 0.455. The number of rotatable bonds is 3. The van der Waals surface area contributed by atoms with E-state index in [0.29, 0.717) is 0 Å². The molecule has 0 unspecified atom stereocenters. The summed E-state index contributed by atoms with van der Waals surface area (Å²) in [5, 5.41) is 0. The Kier molecular flexibility index (Phi) is 8.22. The van der Waals surface area contributed by atoms with Gasteiger partial charge >= 0.3 is 26.2 Å². The van der Waals surface area contributed by atoms with E-state index in [9.17, 15) is 0 Å². The Balaban J connectivity index is 0.000000882. The minimum Gasteiger partial charge on any atom is -0.358 e. The first-order valence-corrected chi connectivity index (χ1v) is 8.44. The molecule has 2 aliphatic carbocycles. The molecule has 0 spiro atoms. The quantitative estimate of drug-likeness (QED) is 0.606. The Labute approximate surface area is 162 Å². The van der Waals surface area contributed by atoms with E-state index in [4.69, 9.17) is 0 Å². The molecule has 0 nitrogen and oxygen atoms in total. The van der Waals surface area contributed by atoms with Gasteiger partial charge in [0.2, 0.25) is 0 Å². The van der Waals surface area contributed by atoms with E-state index in [-0.39, 0.29) is 41.1 Å². The van der Waals surface area contributed by atoms with E-state index in [2.05, 4.69) is 24.3 Å². The van der Waals surface area contributed by atoms with E-state index in [1.54, 1.807) is 33.4 Å². The van der Waals surface area contributed by atoms with Gasteiger partial charge in [0.05, 0.1) is 0 Å². The number of aryl methyl sites for hydroxylation is 4. The van der Waals surface area contributed by atoms with Crippen LogP contribution in [0.2, 0.25) is 0 Å². The number of fused-ring (bicyclic) bond motifs is 2. The van der Waals surface area contributed by atoms with Crippen molar-refractivity contribution in [2.45, 2.75) is 64.2 Å². The zero-order valence-electron chi connectivity index (χ0n) is 14.9. The van der Waals surface area contributed by atoms with Crippen molar-refractivity contribution in [3.8, 4) is 0 Å². The maximum atomic E-state index is 2.41. The smallest absolute Gasteiger partial charge is 0.358 e. The summed E-state index contributed by atoms with van der Waals surface area (Å²) >= 11 is 0. The van der Waals surface area contributed by atoms with Crippen LogP contribution in [-0.4, -0.2) is 0 Å². The van der Waals surface area contributed by atoms with Crippen molar-refractivity contribution in [1.29, 1.82) is 0 Å². The van der Waals surface area contributed by atoms with E-state index < -0.39 is 0 Å². The van der Waals surface area contributed by atoms with Crippen molar-refractivity contribution >= 4 is 0 Å². The molecule has 0 amide bonds. The summed E-state index contributed by atoms with van der Waals surface area (Å²) < 4.78 is 0. The van der Waals surface area contributed by atoms with Crippen molar-refractivity contribution in [2.24, 2.45) is 0 Å². The third-order valence-corrected chi connectivity index (χ3v) is 5.43. The Morgan fingerprint density at radius 1 is 0.652 bits per heavy atom. The monoisotopic (exact) mass is 384 g/mol. The fourth-order valence-corrected chi connectivity index (χ4v) is 4.30. The Morgan fingerprint density at radius 3 is 1.48 bits per heavy atom. The Bertz CT molecular complexity index is 545. The van der Waals surface area contributed by atoms with Crippen LogP contribution in [0.25, 0.3) is 0 Å². The molecule has 2 aromatic rings. The molecule has 0 saturated heterocycles. The van der Waals surface area contributed by atoms with Crippen LogP contribution in [0.3, 0.4) is 0 Å². The molecule has 2 aliphatic rings. The molecule has 124 valence electrons. The van der Waals surface area contributed by atoms with Gasteiger partial charge < -0.3 is 14.9 Å². The Hall–Kier alpha value is -0.417. The Morgan fingerprint density at radius 2 is 1.04 bits per heavy atom. The van der Waals surface area contributed by atoms with E-state index >= 15 is 0 Å². The van der Waals surface area contributed by atoms with Gasteiger partial charge in [-0.25, -0.2) is 0 Å². The van der Waals surface area contributed by atoms with E-state index in [0.717, 1.165) is 0 Å². The summed E-state index contributed by atoms with van der Waals surface area (Å²) in [5.41, 5.74) is 10.00. The molecule has 4 rings (SSSR count). The predicted octanol–water partition coefficient (Wildman–Crippen LogP) is 5.57. The van der Waals surface area contributed by atoms with Gasteiger partial charge in [-0.3, -0.25) is 0 Å². The van der Waals surface area contributed by atoms with Gasteiger partial charge in [-0.05, 0) is 0 Å². The van der Waals surface area contributed by atoms with Crippen LogP contribution in [0.1, 0.15) is 59.1 Å². The average Bonchev–Trinajstić information content (AvgIpc) is 3.09. The summed E-state index contributed by atoms with van der Waals surface area (Å²) in [6, 6.07) is 9.60. The van der Waals surface area contributed by atoms with Gasteiger partial charge in [0.15, 0.2) is 0 Å². The first-order valence-electron chi connectivity index (χ1n) is 8.44. The third kappa shape index (κ3) is 4.16. The third-order valence-electron chi connectivity index (χ3n) is 5.43. The summed E-state index contributed by atoms with van der Waals surface area (Å²) in [6.07, 6.45) is 13.4. The first-order chi connectivity index (χ1) is 9.92. The molecule has 0 N–H and O–H groups in total. The molecule has 0 bridgehead atoms. The first kappa shape index (κ1) is 20.6. The minimum absolute atomic E-state index is 0. The van der Waals surface area contributed by atoms with Gasteiger partial charge in [0, 0.05) is 0 Å². The standard InChI is InChI=1S/C20H24.2CH3.Zr/c1-3-7-19-15(5-1)9-11-17(19)13-14-18-12-10-16-6-2-4-8-20(16)18;;;/h9-12H,1-8,13-14H2;2*1H3;/q-2;2*-1;+2. The molecule has 2 aromatic carbocycles. The van der Waals surface area contributed by atoms with Crippen LogP contribution in [0.15, 0.2) is 24.3 Å². The molecule has 23 heavy (non-hydrogen) atoms. The molecule has 0 fully saturated rings. The second kappa shape index (κ2) is 9.17. The maximum absolute atomic E-state index is 2.41. The normalized spacial score (nSPS) is 15.5. The minimum atomic E-state index is 0. The van der Waals surface area contributed by atoms with Crippen LogP contribution in [0, 0.1) is 14.9 Å². The largest absolute Gasteiger partial charge is 2.00 e. The van der Waals surface area contributed by atoms with Crippen molar-refractivity contribution in [3.05, 3.63) is 72.5 Å². The second-order valence-electron chi connectivity index (χ2n) is 6.64. The van der Waals surface area contributed by atoms with Crippen molar-refractivity contribution in [2.75, 3.05) is 0 Å². The molecule has 0 aliphatic heterocycles. The van der Waals surface area contributed by atoms with Gasteiger partial charge in [-0.15, -0.1) is 0 Å². The van der Waals surface area contributed by atoms with Gasteiger partial charge in [-0.2, -0.15) is 57.6 Å². The zero-order chi connectivity index (χ0) is 13.4. The van der Waals surface area contributed by atoms with Gasteiger partial charge in [0.1, 0.15) is 0 Å². The molecule has 0 radical (unpaired) electrons. The van der Waals surface area contributed by atoms with Crippen LogP contribution in [0.4, 0.5) is 0 Å². The molecule has 0 atom stereocenters. The molecular weight excluding hydrogens is 355 g/mol. The molecule has 1 heteroatoms. The van der Waals surface area contributed by atoms with Crippen molar-refractivity contribution in [1.82, 2.24) is 0 Å². The summed E-state index contributed by atoms with van der Waals surface area (Å²) in [6.45, 7) is 0. The van der Waals surface area contributed by atoms with E-state index in [1.165, 1.54) is 64.2 Å². The van der Waals surface area contributed by atoms with Crippen LogP contribution < -0.4 is 0 Å². The molecular formula is C22H30Zr-2. The summed E-state index contributed by atoms with van der Waals surface area (Å²) in [5.74, 6) is 0. The predicted molar refractivity (Wildman–Crippen MR) is 97.6 cm³/mol. The average molecular weight is 386 g/mol. The van der Waals surface area contributed by atoms with Crippen molar-refractivity contribution in [3.63, 3.8) is 0 Å². The van der Waals surface area contributed by atoms with Crippen LogP contribution in [-0.2, 0) is 64.7 Å². The summed E-state index contributed by atoms with van der Waals surface area (Å²) in [4.78, 5) is 0. The molecule has 0 aromatic heterocycles. The topological polar surface area (TPSA) is 0 Å². The summed E-state index contributed by atoms with van der Waals surface area (Å²) in [7, 11) is 0. The van der Waals surface area contributed by atoms with Gasteiger partial charge in [-0.1, -0.05) is 64.2 Å². The fourth-order valence-electron chi connectivity index (χ4n) is 4.30. The van der Waals surface area contributed by atoms with Gasteiger partial charge in [0.25, 0.3) is 0 Å². The number of hydrogen-bond donors (Lipinski definition) is 0. The van der Waals surface area contributed by atoms with Crippen molar-refractivity contribution < 1.29 is 26.2 Å². The SMILES string of the molecule is [CH3-].[CH3-].[Zr+2].c1[cH-]c2c(c1CCc1c[cH-]c3c1CCCC3)CCCC2. The van der Waals surface area contributed by atoms with Crippen LogP contribution >= 0.6 is 0 Å². The van der Waals surface area contributed by atoms with Crippen LogP contribution in [0.5, 0.6) is 0 Å².